The first-order valence-corrected chi connectivity index (χ1v) is 8.93. The van der Waals surface area contributed by atoms with Gasteiger partial charge in [-0.1, -0.05) is 13.8 Å². The van der Waals surface area contributed by atoms with Gasteiger partial charge in [-0.3, -0.25) is 4.68 Å². The zero-order valence-corrected chi connectivity index (χ0v) is 16.4. The maximum Gasteiger partial charge on any atom is 0.0703 e. The van der Waals surface area contributed by atoms with Crippen molar-refractivity contribution in [1.82, 2.24) is 9.78 Å². The Morgan fingerprint density at radius 2 is 1.22 bits per heavy atom. The molecular formula is C21H32N2. The summed E-state index contributed by atoms with van der Waals surface area (Å²) in [5, 5.41) is 4.96. The highest BCUT2D eigenvalue weighted by molar-refractivity contribution is 5.78. The molecule has 2 aromatic rings. The SMILES string of the molecule is CCc1nn(C(C)C)c(CC)c1-c1c(C)c(C)c(C)c(C)c1C. The monoisotopic (exact) mass is 312 g/mol. The Bertz CT molecular complexity index is 704. The topological polar surface area (TPSA) is 17.8 Å². The van der Waals surface area contributed by atoms with E-state index in [0.717, 1.165) is 12.8 Å². The molecule has 126 valence electrons. The third-order valence-corrected chi connectivity index (χ3v) is 5.49. The average molecular weight is 313 g/mol. The third kappa shape index (κ3) is 2.73. The summed E-state index contributed by atoms with van der Waals surface area (Å²) >= 11 is 0. The number of aromatic nitrogens is 2. The van der Waals surface area contributed by atoms with E-state index in [-0.39, 0.29) is 0 Å². The second kappa shape index (κ2) is 6.51. The molecule has 0 saturated heterocycles. The second-order valence-corrected chi connectivity index (χ2v) is 7.01. The second-order valence-electron chi connectivity index (χ2n) is 7.01. The van der Waals surface area contributed by atoms with Crippen molar-refractivity contribution in [3.05, 3.63) is 39.2 Å². The Morgan fingerprint density at radius 1 is 0.739 bits per heavy atom. The molecule has 2 rings (SSSR count). The molecule has 0 fully saturated rings. The fourth-order valence-electron chi connectivity index (χ4n) is 3.70. The summed E-state index contributed by atoms with van der Waals surface area (Å²) in [6, 6.07) is 0.400. The minimum Gasteiger partial charge on any atom is -0.266 e. The quantitative estimate of drug-likeness (QED) is 0.698. The molecular weight excluding hydrogens is 280 g/mol. The van der Waals surface area contributed by atoms with E-state index in [0.29, 0.717) is 6.04 Å². The van der Waals surface area contributed by atoms with Crippen LogP contribution >= 0.6 is 0 Å². The number of rotatable bonds is 4. The van der Waals surface area contributed by atoms with E-state index in [4.69, 9.17) is 5.10 Å². The van der Waals surface area contributed by atoms with Crippen molar-refractivity contribution in [3.8, 4) is 11.1 Å². The van der Waals surface area contributed by atoms with E-state index in [2.05, 4.69) is 67.0 Å². The van der Waals surface area contributed by atoms with E-state index >= 15 is 0 Å². The fourth-order valence-corrected chi connectivity index (χ4v) is 3.70. The van der Waals surface area contributed by atoms with Crippen LogP contribution in [0.4, 0.5) is 0 Å². The standard InChI is InChI=1S/C21H32N2/c1-10-18-21(19(11-2)23(22-18)12(3)4)20-16(8)14(6)13(5)15(7)17(20)9/h12H,10-11H2,1-9H3. The molecule has 0 unspecified atom stereocenters. The van der Waals surface area contributed by atoms with Crippen LogP contribution in [0, 0.1) is 34.6 Å². The third-order valence-electron chi connectivity index (χ3n) is 5.49. The summed E-state index contributed by atoms with van der Waals surface area (Å²) in [4.78, 5) is 0. The summed E-state index contributed by atoms with van der Waals surface area (Å²) in [7, 11) is 0. The highest BCUT2D eigenvalue weighted by atomic mass is 15.3. The summed E-state index contributed by atoms with van der Waals surface area (Å²) in [5.74, 6) is 0. The first-order valence-electron chi connectivity index (χ1n) is 8.93. The Labute approximate surface area is 141 Å². The minimum absolute atomic E-state index is 0.400. The highest BCUT2D eigenvalue weighted by Gasteiger charge is 2.23. The van der Waals surface area contributed by atoms with E-state index in [1.807, 2.05) is 0 Å². The smallest absolute Gasteiger partial charge is 0.0703 e. The van der Waals surface area contributed by atoms with Crippen LogP contribution < -0.4 is 0 Å². The van der Waals surface area contributed by atoms with Crippen LogP contribution in [-0.4, -0.2) is 9.78 Å². The van der Waals surface area contributed by atoms with Gasteiger partial charge in [0.2, 0.25) is 0 Å². The van der Waals surface area contributed by atoms with Gasteiger partial charge in [-0.05, 0) is 94.7 Å². The predicted octanol–water partition coefficient (Wildman–Crippen LogP) is 5.80. The minimum atomic E-state index is 0.400. The van der Waals surface area contributed by atoms with Gasteiger partial charge in [0.25, 0.3) is 0 Å². The van der Waals surface area contributed by atoms with Gasteiger partial charge in [-0.15, -0.1) is 0 Å². The predicted molar refractivity (Wildman–Crippen MR) is 100 cm³/mol. The molecule has 0 aliphatic heterocycles. The van der Waals surface area contributed by atoms with E-state index in [1.165, 1.54) is 50.3 Å². The summed E-state index contributed by atoms with van der Waals surface area (Å²) in [6.45, 7) is 20.2. The van der Waals surface area contributed by atoms with Gasteiger partial charge in [0.1, 0.15) is 0 Å². The molecule has 0 aliphatic rings. The summed E-state index contributed by atoms with van der Waals surface area (Å²) in [6.07, 6.45) is 2.00. The van der Waals surface area contributed by atoms with Crippen molar-refractivity contribution in [2.45, 2.75) is 81.2 Å². The summed E-state index contributed by atoms with van der Waals surface area (Å²) < 4.78 is 2.23. The largest absolute Gasteiger partial charge is 0.266 e. The van der Waals surface area contributed by atoms with Crippen LogP contribution in [0.15, 0.2) is 0 Å². The number of aryl methyl sites for hydroxylation is 1. The lowest BCUT2D eigenvalue weighted by Crippen LogP contribution is -2.08. The zero-order chi connectivity index (χ0) is 17.5. The molecule has 23 heavy (non-hydrogen) atoms. The molecule has 1 aromatic carbocycles. The van der Waals surface area contributed by atoms with Crippen LogP contribution in [0.5, 0.6) is 0 Å². The van der Waals surface area contributed by atoms with Crippen molar-refractivity contribution < 1.29 is 0 Å². The first kappa shape index (κ1) is 17.8. The average Bonchev–Trinajstić information content (AvgIpc) is 2.90. The summed E-state index contributed by atoms with van der Waals surface area (Å²) in [5.41, 5.74) is 12.5. The molecule has 0 N–H and O–H groups in total. The molecule has 0 bridgehead atoms. The van der Waals surface area contributed by atoms with E-state index < -0.39 is 0 Å². The van der Waals surface area contributed by atoms with Gasteiger partial charge in [0.05, 0.1) is 5.69 Å². The van der Waals surface area contributed by atoms with Crippen molar-refractivity contribution in [3.63, 3.8) is 0 Å². The fraction of sp³-hybridized carbons (Fsp3) is 0.571. The lowest BCUT2D eigenvalue weighted by atomic mass is 9.85. The first-order chi connectivity index (χ1) is 10.8. The van der Waals surface area contributed by atoms with E-state index in [9.17, 15) is 0 Å². The lowest BCUT2D eigenvalue weighted by molar-refractivity contribution is 0.507. The van der Waals surface area contributed by atoms with Crippen LogP contribution in [-0.2, 0) is 12.8 Å². The zero-order valence-electron chi connectivity index (χ0n) is 16.4. The van der Waals surface area contributed by atoms with Gasteiger partial charge >= 0.3 is 0 Å². The normalized spacial score (nSPS) is 11.6. The van der Waals surface area contributed by atoms with E-state index in [1.54, 1.807) is 0 Å². The molecule has 2 heteroatoms. The van der Waals surface area contributed by atoms with Gasteiger partial charge in [0, 0.05) is 17.3 Å². The molecule has 2 nitrogen and oxygen atoms in total. The Kier molecular flexibility index (Phi) is 5.03. The highest BCUT2D eigenvalue weighted by Crippen LogP contribution is 2.38. The lowest BCUT2D eigenvalue weighted by Gasteiger charge is -2.20. The Balaban J connectivity index is 2.93. The van der Waals surface area contributed by atoms with Crippen LogP contribution in [0.25, 0.3) is 11.1 Å². The maximum atomic E-state index is 4.96. The molecule has 0 atom stereocenters. The number of nitrogens with zero attached hydrogens (tertiary/aromatic N) is 2. The molecule has 0 saturated carbocycles. The number of hydrogen-bond acceptors (Lipinski definition) is 1. The molecule has 0 amide bonds. The number of benzene rings is 1. The van der Waals surface area contributed by atoms with Crippen molar-refractivity contribution >= 4 is 0 Å². The number of hydrogen-bond donors (Lipinski definition) is 0. The van der Waals surface area contributed by atoms with Crippen LogP contribution in [0.2, 0.25) is 0 Å². The van der Waals surface area contributed by atoms with Crippen molar-refractivity contribution in [2.75, 3.05) is 0 Å². The van der Waals surface area contributed by atoms with Crippen molar-refractivity contribution in [2.24, 2.45) is 0 Å². The Hall–Kier alpha value is -1.57. The molecule has 0 radical (unpaired) electrons. The van der Waals surface area contributed by atoms with Gasteiger partial charge in [0.15, 0.2) is 0 Å². The van der Waals surface area contributed by atoms with Crippen molar-refractivity contribution in [1.29, 1.82) is 0 Å². The molecule has 1 heterocycles. The van der Waals surface area contributed by atoms with Crippen LogP contribution in [0.3, 0.4) is 0 Å². The maximum absolute atomic E-state index is 4.96. The Morgan fingerprint density at radius 3 is 1.61 bits per heavy atom. The van der Waals surface area contributed by atoms with Gasteiger partial charge < -0.3 is 0 Å². The van der Waals surface area contributed by atoms with Gasteiger partial charge in [-0.2, -0.15) is 5.10 Å². The van der Waals surface area contributed by atoms with Gasteiger partial charge in [-0.25, -0.2) is 0 Å². The molecule has 0 spiro atoms. The van der Waals surface area contributed by atoms with Crippen LogP contribution in [0.1, 0.15) is 72.9 Å². The molecule has 0 aliphatic carbocycles. The molecule has 1 aromatic heterocycles.